The molecule has 4 nitrogen and oxygen atoms in total. The van der Waals surface area contributed by atoms with Crippen LogP contribution in [0.5, 0.6) is 0 Å². The molecule has 1 N–H and O–H groups in total. The predicted molar refractivity (Wildman–Crippen MR) is 76.6 cm³/mol. The highest BCUT2D eigenvalue weighted by molar-refractivity contribution is 9.10. The van der Waals surface area contributed by atoms with Crippen LogP contribution in [-0.4, -0.2) is 35.8 Å². The molecule has 2 rings (SSSR count). The highest BCUT2D eigenvalue weighted by Crippen LogP contribution is 2.15. The monoisotopic (exact) mass is 324 g/mol. The Balaban J connectivity index is 2.08. The van der Waals surface area contributed by atoms with Gasteiger partial charge in [0.15, 0.2) is 0 Å². The van der Waals surface area contributed by atoms with Crippen LogP contribution in [0.4, 0.5) is 0 Å². The summed E-state index contributed by atoms with van der Waals surface area (Å²) in [5, 5.41) is 2.80. The quantitative estimate of drug-likeness (QED) is 0.920. The van der Waals surface area contributed by atoms with Crippen molar-refractivity contribution >= 4 is 27.7 Å². The van der Waals surface area contributed by atoms with E-state index in [0.717, 1.165) is 10.0 Å². The first-order chi connectivity index (χ1) is 9.11. The Bertz CT molecular complexity index is 490. The van der Waals surface area contributed by atoms with Crippen LogP contribution in [0.3, 0.4) is 0 Å². The second kappa shape index (κ2) is 6.19. The fraction of sp³-hybridized carbons (Fsp3) is 0.429. The number of hydrogen-bond donors (Lipinski definition) is 1. The van der Waals surface area contributed by atoms with E-state index < -0.39 is 0 Å². The summed E-state index contributed by atoms with van der Waals surface area (Å²) in [6.07, 6.45) is 0.985. The average molecular weight is 325 g/mol. The van der Waals surface area contributed by atoms with Gasteiger partial charge in [0.25, 0.3) is 0 Å². The van der Waals surface area contributed by atoms with E-state index in [1.807, 2.05) is 31.2 Å². The zero-order valence-corrected chi connectivity index (χ0v) is 12.4. The summed E-state index contributed by atoms with van der Waals surface area (Å²) in [5.74, 6) is -0.0313. The Morgan fingerprint density at radius 2 is 2.32 bits per heavy atom. The van der Waals surface area contributed by atoms with Gasteiger partial charge in [-0.15, -0.1) is 0 Å². The second-order valence-corrected chi connectivity index (χ2v) is 5.52. The Morgan fingerprint density at radius 3 is 3.00 bits per heavy atom. The maximum Gasteiger partial charge on any atom is 0.242 e. The molecule has 102 valence electrons. The Hall–Kier alpha value is -1.36. The van der Waals surface area contributed by atoms with Crippen molar-refractivity contribution in [3.05, 3.63) is 34.3 Å². The number of amides is 2. The van der Waals surface area contributed by atoms with Gasteiger partial charge in [-0.3, -0.25) is 9.59 Å². The fourth-order valence-corrected chi connectivity index (χ4v) is 2.79. The van der Waals surface area contributed by atoms with Gasteiger partial charge in [0.1, 0.15) is 6.04 Å². The van der Waals surface area contributed by atoms with Crippen LogP contribution >= 0.6 is 15.9 Å². The highest BCUT2D eigenvalue weighted by atomic mass is 79.9. The van der Waals surface area contributed by atoms with Crippen molar-refractivity contribution in [1.29, 1.82) is 0 Å². The van der Waals surface area contributed by atoms with Gasteiger partial charge in [0, 0.05) is 17.6 Å². The molecule has 2 amide bonds. The number of hydrogen-bond acceptors (Lipinski definition) is 2. The molecular formula is C14H17BrN2O2. The maximum absolute atomic E-state index is 12.3. The van der Waals surface area contributed by atoms with Crippen LogP contribution in [0.15, 0.2) is 28.7 Å². The van der Waals surface area contributed by atoms with Gasteiger partial charge in [-0.1, -0.05) is 35.0 Å². The summed E-state index contributed by atoms with van der Waals surface area (Å²) in [6, 6.07) is 7.37. The van der Waals surface area contributed by atoms with Gasteiger partial charge in [-0.05, 0) is 24.1 Å². The molecule has 0 aliphatic carbocycles. The summed E-state index contributed by atoms with van der Waals surface area (Å²) in [7, 11) is 0. The third kappa shape index (κ3) is 3.35. The molecule has 0 saturated carbocycles. The first kappa shape index (κ1) is 14.1. The Morgan fingerprint density at radius 1 is 1.53 bits per heavy atom. The molecule has 1 aliphatic rings. The third-order valence-electron chi connectivity index (χ3n) is 3.28. The Labute approximate surface area is 121 Å². The van der Waals surface area contributed by atoms with E-state index in [-0.39, 0.29) is 17.9 Å². The number of carbonyl (C=O) groups is 2. The van der Waals surface area contributed by atoms with Crippen molar-refractivity contribution in [3.63, 3.8) is 0 Å². The highest BCUT2D eigenvalue weighted by Gasteiger charge is 2.31. The first-order valence-electron chi connectivity index (χ1n) is 6.43. The van der Waals surface area contributed by atoms with E-state index in [1.54, 1.807) is 4.90 Å². The molecule has 19 heavy (non-hydrogen) atoms. The number of halogens is 1. The summed E-state index contributed by atoms with van der Waals surface area (Å²) < 4.78 is 0.959. The molecule has 1 saturated heterocycles. The van der Waals surface area contributed by atoms with Crippen LogP contribution < -0.4 is 5.32 Å². The molecule has 0 unspecified atom stereocenters. The van der Waals surface area contributed by atoms with Crippen LogP contribution in [0.2, 0.25) is 0 Å². The second-order valence-electron chi connectivity index (χ2n) is 4.61. The van der Waals surface area contributed by atoms with Gasteiger partial charge in [-0.2, -0.15) is 0 Å². The lowest BCUT2D eigenvalue weighted by Crippen LogP contribution is -2.57. The van der Waals surface area contributed by atoms with Crippen LogP contribution in [0.1, 0.15) is 18.9 Å². The molecule has 1 aliphatic heterocycles. The number of rotatable bonds is 3. The number of benzene rings is 1. The topological polar surface area (TPSA) is 49.4 Å². The number of nitrogens with one attached hydrogen (secondary N) is 1. The molecular weight excluding hydrogens is 308 g/mol. The standard InChI is InChI=1S/C14H17BrN2O2/c1-2-12-14(19)16-6-7-17(12)13(18)9-10-4-3-5-11(15)8-10/h3-5,8,12H,2,6-7,9H2,1H3,(H,16,19)/t12-/m0/s1. The van der Waals surface area contributed by atoms with E-state index >= 15 is 0 Å². The van der Waals surface area contributed by atoms with Crippen LogP contribution in [-0.2, 0) is 16.0 Å². The van der Waals surface area contributed by atoms with Crippen molar-refractivity contribution < 1.29 is 9.59 Å². The first-order valence-corrected chi connectivity index (χ1v) is 7.22. The Kier molecular flexibility index (Phi) is 4.58. The van der Waals surface area contributed by atoms with Gasteiger partial charge in [0.2, 0.25) is 11.8 Å². The van der Waals surface area contributed by atoms with Crippen LogP contribution in [0, 0.1) is 0 Å². The summed E-state index contributed by atoms with van der Waals surface area (Å²) in [6.45, 7) is 3.06. The van der Waals surface area contributed by atoms with Gasteiger partial charge in [-0.25, -0.2) is 0 Å². The molecule has 1 aromatic rings. The van der Waals surface area contributed by atoms with Crippen molar-refractivity contribution in [3.8, 4) is 0 Å². The van der Waals surface area contributed by atoms with E-state index in [2.05, 4.69) is 21.2 Å². The van der Waals surface area contributed by atoms with E-state index in [0.29, 0.717) is 25.9 Å². The van der Waals surface area contributed by atoms with Crippen molar-refractivity contribution in [2.45, 2.75) is 25.8 Å². The minimum Gasteiger partial charge on any atom is -0.353 e. The largest absolute Gasteiger partial charge is 0.353 e. The molecule has 1 fully saturated rings. The molecule has 1 heterocycles. The van der Waals surface area contributed by atoms with Crippen molar-refractivity contribution in [1.82, 2.24) is 10.2 Å². The summed E-state index contributed by atoms with van der Waals surface area (Å²) >= 11 is 3.39. The van der Waals surface area contributed by atoms with Gasteiger partial charge >= 0.3 is 0 Å². The summed E-state index contributed by atoms with van der Waals surface area (Å²) in [4.78, 5) is 25.8. The maximum atomic E-state index is 12.3. The third-order valence-corrected chi connectivity index (χ3v) is 3.78. The van der Waals surface area contributed by atoms with Crippen molar-refractivity contribution in [2.24, 2.45) is 0 Å². The van der Waals surface area contributed by atoms with Crippen molar-refractivity contribution in [2.75, 3.05) is 13.1 Å². The average Bonchev–Trinajstić information content (AvgIpc) is 2.38. The molecule has 0 bridgehead atoms. The fourth-order valence-electron chi connectivity index (χ4n) is 2.34. The minimum absolute atomic E-state index is 0.0137. The van der Waals surface area contributed by atoms with E-state index in [9.17, 15) is 9.59 Å². The lowest BCUT2D eigenvalue weighted by molar-refractivity contribution is -0.142. The zero-order chi connectivity index (χ0) is 13.8. The SMILES string of the molecule is CC[C@H]1C(=O)NCCN1C(=O)Cc1cccc(Br)c1. The molecule has 5 heteroatoms. The zero-order valence-electron chi connectivity index (χ0n) is 10.9. The summed E-state index contributed by atoms with van der Waals surface area (Å²) in [5.41, 5.74) is 0.959. The van der Waals surface area contributed by atoms with E-state index in [1.165, 1.54) is 0 Å². The smallest absolute Gasteiger partial charge is 0.242 e. The molecule has 1 aromatic carbocycles. The normalized spacial score (nSPS) is 19.2. The molecule has 1 atom stereocenters. The molecule has 0 radical (unpaired) electrons. The van der Waals surface area contributed by atoms with E-state index in [4.69, 9.17) is 0 Å². The minimum atomic E-state index is -0.326. The predicted octanol–water partition coefficient (Wildman–Crippen LogP) is 1.73. The lowest BCUT2D eigenvalue weighted by atomic mass is 10.1. The van der Waals surface area contributed by atoms with Gasteiger partial charge < -0.3 is 10.2 Å². The number of carbonyl (C=O) groups excluding carboxylic acids is 2. The lowest BCUT2D eigenvalue weighted by Gasteiger charge is -2.34. The number of nitrogens with zero attached hydrogens (tertiary/aromatic N) is 1. The number of piperazine rings is 1. The van der Waals surface area contributed by atoms with Crippen LogP contribution in [0.25, 0.3) is 0 Å². The molecule has 0 aromatic heterocycles. The molecule has 0 spiro atoms. The van der Waals surface area contributed by atoms with Gasteiger partial charge in [0.05, 0.1) is 6.42 Å².